The number of rotatable bonds is 1. The number of carbonyl (C=O) groups is 1. The standard InChI is InChI=1S/C7H10O3/c1-2-4-3-5(8)7(10)6(4)9/h2,4-6,8-9H,1,3H2. The van der Waals surface area contributed by atoms with E-state index in [1.165, 1.54) is 6.08 Å². The molecule has 0 aromatic rings. The normalized spacial score (nSPS) is 40.2. The van der Waals surface area contributed by atoms with E-state index in [2.05, 4.69) is 6.58 Å². The zero-order chi connectivity index (χ0) is 7.72. The first-order valence-electron chi connectivity index (χ1n) is 3.19. The van der Waals surface area contributed by atoms with E-state index in [-0.39, 0.29) is 5.92 Å². The van der Waals surface area contributed by atoms with Gasteiger partial charge in [0.2, 0.25) is 0 Å². The Kier molecular flexibility index (Phi) is 1.87. The summed E-state index contributed by atoms with van der Waals surface area (Å²) < 4.78 is 0. The summed E-state index contributed by atoms with van der Waals surface area (Å²) >= 11 is 0. The summed E-state index contributed by atoms with van der Waals surface area (Å²) in [5.41, 5.74) is 0. The van der Waals surface area contributed by atoms with Crippen molar-refractivity contribution in [2.75, 3.05) is 0 Å². The van der Waals surface area contributed by atoms with E-state index < -0.39 is 18.0 Å². The summed E-state index contributed by atoms with van der Waals surface area (Å²) in [6.45, 7) is 3.44. The van der Waals surface area contributed by atoms with Crippen molar-refractivity contribution in [3.63, 3.8) is 0 Å². The van der Waals surface area contributed by atoms with Crippen molar-refractivity contribution in [1.29, 1.82) is 0 Å². The van der Waals surface area contributed by atoms with Gasteiger partial charge in [-0.3, -0.25) is 4.79 Å². The average molecular weight is 142 g/mol. The maximum atomic E-state index is 10.7. The summed E-state index contributed by atoms with van der Waals surface area (Å²) in [5.74, 6) is -0.743. The minimum Gasteiger partial charge on any atom is -0.385 e. The molecule has 56 valence electrons. The van der Waals surface area contributed by atoms with Gasteiger partial charge in [0.05, 0.1) is 0 Å². The van der Waals surface area contributed by atoms with Crippen LogP contribution < -0.4 is 0 Å². The highest BCUT2D eigenvalue weighted by Crippen LogP contribution is 2.23. The second-order valence-electron chi connectivity index (χ2n) is 2.50. The van der Waals surface area contributed by atoms with Crippen LogP contribution in [0.5, 0.6) is 0 Å². The molecule has 1 fully saturated rings. The molecule has 0 aromatic heterocycles. The molecule has 0 radical (unpaired) electrons. The van der Waals surface area contributed by atoms with Crippen LogP contribution in [0, 0.1) is 5.92 Å². The van der Waals surface area contributed by atoms with E-state index in [1.807, 2.05) is 0 Å². The molecule has 3 unspecified atom stereocenters. The molecular formula is C7H10O3. The van der Waals surface area contributed by atoms with Crippen LogP contribution in [0.4, 0.5) is 0 Å². The van der Waals surface area contributed by atoms with Crippen LogP contribution in [0.15, 0.2) is 12.7 Å². The second kappa shape index (κ2) is 2.52. The zero-order valence-electron chi connectivity index (χ0n) is 5.53. The van der Waals surface area contributed by atoms with Gasteiger partial charge in [-0.25, -0.2) is 0 Å². The number of aliphatic hydroxyl groups excluding tert-OH is 2. The fraction of sp³-hybridized carbons (Fsp3) is 0.571. The smallest absolute Gasteiger partial charge is 0.190 e. The Hall–Kier alpha value is -0.670. The van der Waals surface area contributed by atoms with Crippen molar-refractivity contribution in [2.24, 2.45) is 5.92 Å². The van der Waals surface area contributed by atoms with Crippen LogP contribution >= 0.6 is 0 Å². The van der Waals surface area contributed by atoms with Gasteiger partial charge in [-0.1, -0.05) is 6.08 Å². The van der Waals surface area contributed by atoms with Crippen molar-refractivity contribution < 1.29 is 15.0 Å². The Morgan fingerprint density at radius 1 is 1.60 bits per heavy atom. The Balaban J connectivity index is 2.70. The van der Waals surface area contributed by atoms with E-state index in [0.29, 0.717) is 6.42 Å². The fourth-order valence-electron chi connectivity index (χ4n) is 1.14. The molecule has 0 amide bonds. The van der Waals surface area contributed by atoms with Gasteiger partial charge in [0.15, 0.2) is 5.78 Å². The van der Waals surface area contributed by atoms with Gasteiger partial charge in [0, 0.05) is 5.92 Å². The first kappa shape index (κ1) is 7.44. The lowest BCUT2D eigenvalue weighted by molar-refractivity contribution is -0.131. The third-order valence-electron chi connectivity index (χ3n) is 1.82. The van der Waals surface area contributed by atoms with E-state index in [0.717, 1.165) is 0 Å². The Morgan fingerprint density at radius 3 is 2.40 bits per heavy atom. The molecular weight excluding hydrogens is 132 g/mol. The monoisotopic (exact) mass is 142 g/mol. The molecule has 2 N–H and O–H groups in total. The summed E-state index contributed by atoms with van der Waals surface area (Å²) in [6.07, 6.45) is -0.215. The minimum absolute atomic E-state index is 0.262. The van der Waals surface area contributed by atoms with Crippen molar-refractivity contribution in [2.45, 2.75) is 18.6 Å². The highest BCUT2D eigenvalue weighted by molar-refractivity contribution is 5.89. The number of Topliss-reactive ketones (excluding diaryl/α,β-unsaturated/α-hetero) is 1. The molecule has 1 rings (SSSR count). The predicted molar refractivity (Wildman–Crippen MR) is 35.3 cm³/mol. The molecule has 3 heteroatoms. The topological polar surface area (TPSA) is 57.5 Å². The molecule has 0 aromatic carbocycles. The van der Waals surface area contributed by atoms with Gasteiger partial charge in [0.1, 0.15) is 12.2 Å². The summed E-state index contributed by atoms with van der Waals surface area (Å²) in [5, 5.41) is 18.0. The lowest BCUT2D eigenvalue weighted by Crippen LogP contribution is -2.23. The van der Waals surface area contributed by atoms with Crippen LogP contribution in [0.1, 0.15) is 6.42 Å². The molecule has 0 spiro atoms. The quantitative estimate of drug-likeness (QED) is 0.484. The highest BCUT2D eigenvalue weighted by atomic mass is 16.3. The maximum absolute atomic E-state index is 10.7. The maximum Gasteiger partial charge on any atom is 0.190 e. The van der Waals surface area contributed by atoms with Gasteiger partial charge >= 0.3 is 0 Å². The lowest BCUT2D eigenvalue weighted by atomic mass is 10.1. The number of ketones is 1. The van der Waals surface area contributed by atoms with E-state index in [4.69, 9.17) is 10.2 Å². The van der Waals surface area contributed by atoms with Gasteiger partial charge < -0.3 is 10.2 Å². The number of hydrogen-bond acceptors (Lipinski definition) is 3. The average Bonchev–Trinajstić information content (AvgIpc) is 2.17. The first-order valence-corrected chi connectivity index (χ1v) is 3.19. The van der Waals surface area contributed by atoms with Gasteiger partial charge in [0.25, 0.3) is 0 Å². The van der Waals surface area contributed by atoms with Crippen molar-refractivity contribution >= 4 is 5.78 Å². The third-order valence-corrected chi connectivity index (χ3v) is 1.82. The summed E-state index contributed by atoms with van der Waals surface area (Å²) in [6, 6.07) is 0. The molecule has 0 heterocycles. The highest BCUT2D eigenvalue weighted by Gasteiger charge is 2.38. The molecule has 3 atom stereocenters. The second-order valence-corrected chi connectivity index (χ2v) is 2.50. The molecule has 0 saturated heterocycles. The van der Waals surface area contributed by atoms with Crippen molar-refractivity contribution in [3.05, 3.63) is 12.7 Å². The third kappa shape index (κ3) is 0.978. The van der Waals surface area contributed by atoms with Crippen molar-refractivity contribution in [3.8, 4) is 0 Å². The molecule has 3 nitrogen and oxygen atoms in total. The van der Waals surface area contributed by atoms with Crippen LogP contribution in [0.25, 0.3) is 0 Å². The van der Waals surface area contributed by atoms with Crippen LogP contribution in [0.2, 0.25) is 0 Å². The predicted octanol–water partition coefficient (Wildman–Crippen LogP) is -0.517. The number of carbonyl (C=O) groups excluding carboxylic acids is 1. The summed E-state index contributed by atoms with van der Waals surface area (Å²) in [4.78, 5) is 10.7. The Labute approximate surface area is 59.0 Å². The lowest BCUT2D eigenvalue weighted by Gasteiger charge is -2.04. The zero-order valence-corrected chi connectivity index (χ0v) is 5.53. The molecule has 1 saturated carbocycles. The molecule has 0 aliphatic heterocycles. The van der Waals surface area contributed by atoms with E-state index in [1.54, 1.807) is 0 Å². The van der Waals surface area contributed by atoms with E-state index in [9.17, 15) is 4.79 Å². The van der Waals surface area contributed by atoms with Crippen LogP contribution in [-0.2, 0) is 4.79 Å². The largest absolute Gasteiger partial charge is 0.385 e. The van der Waals surface area contributed by atoms with Gasteiger partial charge in [-0.05, 0) is 6.42 Å². The first-order chi connectivity index (χ1) is 4.66. The molecule has 1 aliphatic carbocycles. The molecule has 1 aliphatic rings. The number of hydrogen-bond donors (Lipinski definition) is 2. The molecule has 0 bridgehead atoms. The Bertz CT molecular complexity index is 164. The molecule has 10 heavy (non-hydrogen) atoms. The van der Waals surface area contributed by atoms with E-state index >= 15 is 0 Å². The fourth-order valence-corrected chi connectivity index (χ4v) is 1.14. The Morgan fingerprint density at radius 2 is 2.20 bits per heavy atom. The van der Waals surface area contributed by atoms with Gasteiger partial charge in [-0.2, -0.15) is 0 Å². The van der Waals surface area contributed by atoms with Crippen LogP contribution in [0.3, 0.4) is 0 Å². The minimum atomic E-state index is -1.03. The van der Waals surface area contributed by atoms with Crippen LogP contribution in [-0.4, -0.2) is 28.2 Å². The van der Waals surface area contributed by atoms with Gasteiger partial charge in [-0.15, -0.1) is 6.58 Å². The summed E-state index contributed by atoms with van der Waals surface area (Å²) in [7, 11) is 0. The van der Waals surface area contributed by atoms with Crippen molar-refractivity contribution in [1.82, 2.24) is 0 Å². The number of aliphatic hydroxyl groups is 2. The SMILES string of the molecule is C=CC1CC(O)C(=O)C1O.